The van der Waals surface area contributed by atoms with Gasteiger partial charge in [-0.1, -0.05) is 23.9 Å². The fourth-order valence-electron chi connectivity index (χ4n) is 2.58. The lowest BCUT2D eigenvalue weighted by molar-refractivity contribution is -0.118. The molecule has 140 valence electrons. The molecule has 3 aromatic heterocycles. The number of thioether (sulfide) groups is 1. The second kappa shape index (κ2) is 8.49. The van der Waals surface area contributed by atoms with Gasteiger partial charge in [0.05, 0.1) is 23.4 Å². The second-order valence-electron chi connectivity index (χ2n) is 5.95. The monoisotopic (exact) mass is 400 g/mol. The molecule has 1 amide bonds. The Kier molecular flexibility index (Phi) is 6.08. The van der Waals surface area contributed by atoms with Gasteiger partial charge in [-0.25, -0.2) is 4.98 Å². The third kappa shape index (κ3) is 4.28. The highest BCUT2D eigenvalue weighted by molar-refractivity contribution is 7.99. The summed E-state index contributed by atoms with van der Waals surface area (Å²) in [6.45, 7) is 8.24. The Labute approximate surface area is 165 Å². The van der Waals surface area contributed by atoms with E-state index in [9.17, 15) is 9.59 Å². The van der Waals surface area contributed by atoms with Gasteiger partial charge in [0.15, 0.2) is 5.16 Å². The minimum atomic E-state index is -0.128. The van der Waals surface area contributed by atoms with Gasteiger partial charge in [-0.05, 0) is 31.5 Å². The van der Waals surface area contributed by atoms with Gasteiger partial charge < -0.3 is 5.32 Å². The number of rotatable bonds is 7. The number of pyridine rings is 1. The summed E-state index contributed by atoms with van der Waals surface area (Å²) in [7, 11) is 0. The van der Waals surface area contributed by atoms with Gasteiger partial charge in [-0.2, -0.15) is 0 Å². The second-order valence-corrected chi connectivity index (χ2v) is 8.10. The lowest BCUT2D eigenvalue weighted by atomic mass is 10.2. The van der Waals surface area contributed by atoms with Crippen molar-refractivity contribution < 1.29 is 4.79 Å². The van der Waals surface area contributed by atoms with Crippen molar-refractivity contribution in [3.8, 4) is 0 Å². The Morgan fingerprint density at radius 2 is 2.22 bits per heavy atom. The number of hydrogen-bond donors (Lipinski definition) is 1. The zero-order valence-corrected chi connectivity index (χ0v) is 16.8. The highest BCUT2D eigenvalue weighted by Crippen LogP contribution is 2.28. The average molecular weight is 401 g/mol. The largest absolute Gasteiger partial charge is 0.352 e. The number of carbonyl (C=O) groups excluding carboxylic acids is 1. The third-order valence-electron chi connectivity index (χ3n) is 4.08. The highest BCUT2D eigenvalue weighted by Gasteiger charge is 2.18. The molecule has 0 unspecified atom stereocenters. The number of aromatic nitrogens is 3. The Balaban J connectivity index is 2.01. The van der Waals surface area contributed by atoms with Crippen LogP contribution >= 0.6 is 23.1 Å². The van der Waals surface area contributed by atoms with E-state index in [-0.39, 0.29) is 17.2 Å². The molecule has 0 saturated carbocycles. The quantitative estimate of drug-likeness (QED) is 0.375. The van der Waals surface area contributed by atoms with Crippen molar-refractivity contribution in [2.45, 2.75) is 25.5 Å². The molecule has 0 aliphatic heterocycles. The van der Waals surface area contributed by atoms with Crippen molar-refractivity contribution in [1.29, 1.82) is 0 Å². The standard InChI is InChI=1S/C19H20N4O2S2/c1-4-8-21-15(24)11-26-19-22-17-16(12(2)13(3)27-17)18(25)23(19)10-14-7-5-6-9-20-14/h4-7,9H,1,8,10-11H2,2-3H3,(H,21,24). The number of aryl methyl sites for hydroxylation is 2. The molecular weight excluding hydrogens is 380 g/mol. The van der Waals surface area contributed by atoms with Crippen LogP contribution in [0.25, 0.3) is 10.2 Å². The Morgan fingerprint density at radius 1 is 1.41 bits per heavy atom. The van der Waals surface area contributed by atoms with E-state index in [1.807, 2.05) is 32.0 Å². The van der Waals surface area contributed by atoms with Crippen molar-refractivity contribution >= 4 is 39.2 Å². The Hall–Kier alpha value is -2.45. The lowest BCUT2D eigenvalue weighted by Gasteiger charge is -2.12. The number of nitrogens with zero attached hydrogens (tertiary/aromatic N) is 3. The minimum absolute atomic E-state index is 0.0958. The van der Waals surface area contributed by atoms with Crippen LogP contribution in [0.5, 0.6) is 0 Å². The normalized spacial score (nSPS) is 10.9. The molecule has 0 saturated heterocycles. The molecule has 27 heavy (non-hydrogen) atoms. The van der Waals surface area contributed by atoms with Crippen LogP contribution in [0.4, 0.5) is 0 Å². The van der Waals surface area contributed by atoms with E-state index in [0.717, 1.165) is 16.1 Å². The number of nitrogens with one attached hydrogen (secondary N) is 1. The summed E-state index contributed by atoms with van der Waals surface area (Å²) < 4.78 is 1.61. The van der Waals surface area contributed by atoms with E-state index in [1.54, 1.807) is 16.8 Å². The maximum absolute atomic E-state index is 13.2. The number of fused-ring (bicyclic) bond motifs is 1. The molecule has 0 bridgehead atoms. The fraction of sp³-hybridized carbons (Fsp3) is 0.263. The van der Waals surface area contributed by atoms with Gasteiger partial charge in [0, 0.05) is 17.6 Å². The molecule has 0 spiro atoms. The van der Waals surface area contributed by atoms with E-state index in [0.29, 0.717) is 28.5 Å². The van der Waals surface area contributed by atoms with Gasteiger partial charge in [0.25, 0.3) is 5.56 Å². The molecule has 3 heterocycles. The molecule has 0 atom stereocenters. The van der Waals surface area contributed by atoms with E-state index in [4.69, 9.17) is 0 Å². The zero-order valence-electron chi connectivity index (χ0n) is 15.2. The van der Waals surface area contributed by atoms with Crippen molar-refractivity contribution in [2.24, 2.45) is 0 Å². The Morgan fingerprint density at radius 3 is 2.93 bits per heavy atom. The van der Waals surface area contributed by atoms with E-state index in [1.165, 1.54) is 23.1 Å². The first kappa shape index (κ1) is 19.3. The van der Waals surface area contributed by atoms with Crippen molar-refractivity contribution in [1.82, 2.24) is 19.9 Å². The number of carbonyl (C=O) groups is 1. The first-order valence-electron chi connectivity index (χ1n) is 8.42. The molecule has 3 aromatic rings. The smallest absolute Gasteiger partial charge is 0.263 e. The van der Waals surface area contributed by atoms with Gasteiger partial charge in [0.1, 0.15) is 4.83 Å². The molecule has 0 radical (unpaired) electrons. The van der Waals surface area contributed by atoms with Crippen molar-refractivity contribution in [3.63, 3.8) is 0 Å². The molecule has 3 rings (SSSR count). The summed E-state index contributed by atoms with van der Waals surface area (Å²) in [5.41, 5.74) is 1.63. The van der Waals surface area contributed by atoms with Crippen LogP contribution in [0.15, 0.2) is 47.0 Å². The molecule has 1 N–H and O–H groups in total. The van der Waals surface area contributed by atoms with E-state index < -0.39 is 0 Å². The zero-order chi connectivity index (χ0) is 19.4. The molecule has 0 fully saturated rings. The van der Waals surface area contributed by atoms with Crippen LogP contribution in [0.2, 0.25) is 0 Å². The van der Waals surface area contributed by atoms with E-state index >= 15 is 0 Å². The van der Waals surface area contributed by atoms with E-state index in [2.05, 4.69) is 21.9 Å². The molecule has 0 aliphatic carbocycles. The third-order valence-corrected chi connectivity index (χ3v) is 6.15. The van der Waals surface area contributed by atoms with Gasteiger partial charge in [0.2, 0.25) is 5.91 Å². The summed E-state index contributed by atoms with van der Waals surface area (Å²) in [6, 6.07) is 5.59. The first-order valence-corrected chi connectivity index (χ1v) is 10.2. The maximum atomic E-state index is 13.2. The van der Waals surface area contributed by atoms with Crippen LogP contribution in [0, 0.1) is 13.8 Å². The Bertz CT molecular complexity index is 1040. The van der Waals surface area contributed by atoms with Crippen molar-refractivity contribution in [3.05, 3.63) is 63.5 Å². The topological polar surface area (TPSA) is 76.9 Å². The predicted octanol–water partition coefficient (Wildman–Crippen LogP) is 2.91. The molecule has 0 aromatic carbocycles. The van der Waals surface area contributed by atoms with Crippen LogP contribution < -0.4 is 10.9 Å². The molecule has 6 nitrogen and oxygen atoms in total. The minimum Gasteiger partial charge on any atom is -0.352 e. The molecule has 0 aliphatic rings. The first-order chi connectivity index (χ1) is 13.0. The van der Waals surface area contributed by atoms with Gasteiger partial charge in [-0.15, -0.1) is 17.9 Å². The lowest BCUT2D eigenvalue weighted by Crippen LogP contribution is -2.27. The van der Waals surface area contributed by atoms with Crippen molar-refractivity contribution in [2.75, 3.05) is 12.3 Å². The summed E-state index contributed by atoms with van der Waals surface area (Å²) in [6.07, 6.45) is 3.32. The highest BCUT2D eigenvalue weighted by atomic mass is 32.2. The summed E-state index contributed by atoms with van der Waals surface area (Å²) in [4.78, 5) is 35.9. The van der Waals surface area contributed by atoms with Crippen LogP contribution in [0.3, 0.4) is 0 Å². The molecular formula is C19H20N4O2S2. The molecule has 8 heteroatoms. The van der Waals surface area contributed by atoms with Gasteiger partial charge in [-0.3, -0.25) is 19.1 Å². The number of hydrogen-bond acceptors (Lipinski definition) is 6. The van der Waals surface area contributed by atoms with Crippen LogP contribution in [0.1, 0.15) is 16.1 Å². The number of thiophene rings is 1. The summed E-state index contributed by atoms with van der Waals surface area (Å²) >= 11 is 2.76. The predicted molar refractivity (Wildman–Crippen MR) is 111 cm³/mol. The number of amides is 1. The fourth-order valence-corrected chi connectivity index (χ4v) is 4.48. The summed E-state index contributed by atoms with van der Waals surface area (Å²) in [5.74, 6) is 0.0503. The van der Waals surface area contributed by atoms with Gasteiger partial charge >= 0.3 is 0 Å². The van der Waals surface area contributed by atoms with Crippen LogP contribution in [-0.2, 0) is 11.3 Å². The SMILES string of the molecule is C=CCNC(=O)CSc1nc2sc(C)c(C)c2c(=O)n1Cc1ccccn1. The summed E-state index contributed by atoms with van der Waals surface area (Å²) in [5, 5.41) is 3.90. The van der Waals surface area contributed by atoms with Crippen LogP contribution in [-0.4, -0.2) is 32.7 Å². The maximum Gasteiger partial charge on any atom is 0.263 e. The average Bonchev–Trinajstić information content (AvgIpc) is 2.95.